The Hall–Kier alpha value is -9.16. The molecule has 314 valence electrons. The van der Waals surface area contributed by atoms with Crippen LogP contribution >= 0.6 is 0 Å². The monoisotopic (exact) mass is 855 g/mol. The molecule has 0 aliphatic rings. The van der Waals surface area contributed by atoms with Crippen molar-refractivity contribution in [3.05, 3.63) is 235 Å². The Morgan fingerprint density at radius 2 is 0.791 bits per heavy atom. The van der Waals surface area contributed by atoms with E-state index in [0.717, 1.165) is 100 Å². The average Bonchev–Trinajstić information content (AvgIpc) is 3.71. The van der Waals surface area contributed by atoms with E-state index in [1.165, 1.54) is 11.1 Å². The van der Waals surface area contributed by atoms with Gasteiger partial charge in [0.2, 0.25) is 0 Å². The lowest BCUT2D eigenvalue weighted by Crippen LogP contribution is -2.03. The Kier molecular flexibility index (Phi) is 10.4. The third-order valence-electron chi connectivity index (χ3n) is 12.6. The van der Waals surface area contributed by atoms with Crippen LogP contribution in [0.2, 0.25) is 0 Å². The van der Waals surface area contributed by atoms with E-state index in [0.29, 0.717) is 17.0 Å². The van der Waals surface area contributed by atoms with Crippen LogP contribution in [0.5, 0.6) is 0 Å². The lowest BCUT2D eigenvalue weighted by Gasteiger charge is -2.21. The first-order valence-electron chi connectivity index (χ1n) is 22.3. The van der Waals surface area contributed by atoms with Crippen LogP contribution in [0.1, 0.15) is 22.3 Å². The van der Waals surface area contributed by atoms with Gasteiger partial charge in [-0.15, -0.1) is 0 Å². The molecule has 0 aliphatic heterocycles. The van der Waals surface area contributed by atoms with Crippen LogP contribution in [-0.2, 0) is 0 Å². The molecule has 0 saturated heterocycles. The predicted molar refractivity (Wildman–Crippen MR) is 273 cm³/mol. The molecule has 9 aromatic carbocycles. The number of nitrogens with zero attached hydrogens (tertiary/aromatic N) is 5. The highest BCUT2D eigenvalue weighted by atomic mass is 15.0. The molecule has 5 heteroatoms. The van der Waals surface area contributed by atoms with Gasteiger partial charge < -0.3 is 4.57 Å². The summed E-state index contributed by atoms with van der Waals surface area (Å²) in [6.45, 7) is 4.23. The quantitative estimate of drug-likeness (QED) is 0.152. The summed E-state index contributed by atoms with van der Waals surface area (Å²) in [5.41, 5.74) is 18.8. The van der Waals surface area contributed by atoms with Gasteiger partial charge in [0.25, 0.3) is 0 Å². The second-order valence-corrected chi connectivity index (χ2v) is 17.0. The van der Waals surface area contributed by atoms with Crippen LogP contribution in [0.15, 0.2) is 212 Å². The van der Waals surface area contributed by atoms with Crippen molar-refractivity contribution in [2.24, 2.45) is 0 Å². The third-order valence-corrected chi connectivity index (χ3v) is 12.6. The lowest BCUT2D eigenvalue weighted by atomic mass is 9.90. The third kappa shape index (κ3) is 7.72. The van der Waals surface area contributed by atoms with E-state index in [2.05, 4.69) is 158 Å². The van der Waals surface area contributed by atoms with Crippen LogP contribution in [-0.4, -0.2) is 14.5 Å². The molecule has 0 saturated carbocycles. The van der Waals surface area contributed by atoms with Crippen LogP contribution in [0.25, 0.3) is 106 Å². The molecule has 2 aromatic heterocycles. The Labute approximate surface area is 389 Å². The standard InChI is InChI=1S/C62H41N5/c1-40-19-23-44(24-20-40)48-27-29-59-55(33-48)56-34-49(45-25-21-41(2)22-26-45)28-30-60(56)67(59)61-53(50-17-9-11-42(31-50)38-63)35-52(36-54(61)51-18-10-12-43(32-51)39-64)58-37-57(46-13-5-3-6-14-46)65-62(66-58)47-15-7-4-8-16-47/h3-37H,1-2H3. The molecule has 0 bridgehead atoms. The fraction of sp³-hybridized carbons (Fsp3) is 0.0323. The fourth-order valence-corrected chi connectivity index (χ4v) is 9.16. The summed E-state index contributed by atoms with van der Waals surface area (Å²) in [4.78, 5) is 10.4. The van der Waals surface area contributed by atoms with Gasteiger partial charge in [0, 0.05) is 38.6 Å². The van der Waals surface area contributed by atoms with Crippen molar-refractivity contribution in [3.63, 3.8) is 0 Å². The van der Waals surface area contributed by atoms with E-state index >= 15 is 0 Å². The van der Waals surface area contributed by atoms with E-state index in [-0.39, 0.29) is 0 Å². The maximum atomic E-state index is 10.3. The second kappa shape index (κ2) is 17.1. The number of hydrogen-bond acceptors (Lipinski definition) is 4. The maximum absolute atomic E-state index is 10.3. The molecular weight excluding hydrogens is 815 g/mol. The molecule has 0 fully saturated rings. The van der Waals surface area contributed by atoms with E-state index < -0.39 is 0 Å². The van der Waals surface area contributed by atoms with Crippen molar-refractivity contribution >= 4 is 21.8 Å². The number of nitriles is 2. The van der Waals surface area contributed by atoms with Crippen molar-refractivity contribution in [3.8, 4) is 96.2 Å². The van der Waals surface area contributed by atoms with Crippen molar-refractivity contribution in [2.75, 3.05) is 0 Å². The van der Waals surface area contributed by atoms with Crippen LogP contribution < -0.4 is 0 Å². The van der Waals surface area contributed by atoms with Crippen LogP contribution in [0.4, 0.5) is 0 Å². The Morgan fingerprint density at radius 1 is 0.358 bits per heavy atom. The zero-order valence-electron chi connectivity index (χ0n) is 36.9. The van der Waals surface area contributed by atoms with Gasteiger partial charge in [-0.05, 0) is 114 Å². The minimum Gasteiger partial charge on any atom is -0.308 e. The highest BCUT2D eigenvalue weighted by Gasteiger charge is 2.24. The normalized spacial score (nSPS) is 11.1. The first kappa shape index (κ1) is 40.6. The smallest absolute Gasteiger partial charge is 0.160 e. The summed E-state index contributed by atoms with van der Waals surface area (Å²) in [7, 11) is 0. The molecule has 11 aromatic rings. The molecule has 0 amide bonds. The molecule has 0 spiro atoms. The molecule has 0 unspecified atom stereocenters. The minimum atomic E-state index is 0.550. The van der Waals surface area contributed by atoms with Gasteiger partial charge in [0.1, 0.15) is 0 Å². The largest absolute Gasteiger partial charge is 0.308 e. The number of rotatable bonds is 8. The highest BCUT2D eigenvalue weighted by Crippen LogP contribution is 2.46. The Bertz CT molecular complexity index is 3520. The Morgan fingerprint density at radius 3 is 1.27 bits per heavy atom. The number of aryl methyl sites for hydroxylation is 2. The van der Waals surface area contributed by atoms with Gasteiger partial charge in [0.15, 0.2) is 5.82 Å². The maximum Gasteiger partial charge on any atom is 0.160 e. The lowest BCUT2D eigenvalue weighted by molar-refractivity contribution is 1.17. The van der Waals surface area contributed by atoms with Gasteiger partial charge >= 0.3 is 0 Å². The highest BCUT2D eigenvalue weighted by molar-refractivity contribution is 6.13. The molecule has 11 rings (SSSR count). The van der Waals surface area contributed by atoms with Crippen molar-refractivity contribution in [1.82, 2.24) is 14.5 Å². The predicted octanol–water partition coefficient (Wildman–Crippen LogP) is 15.6. The molecule has 0 atom stereocenters. The molecule has 0 N–H and O–H groups in total. The topological polar surface area (TPSA) is 78.3 Å². The molecule has 0 radical (unpaired) electrons. The van der Waals surface area contributed by atoms with E-state index in [1.807, 2.05) is 84.9 Å². The van der Waals surface area contributed by atoms with Gasteiger partial charge in [-0.1, -0.05) is 157 Å². The van der Waals surface area contributed by atoms with E-state index in [9.17, 15) is 10.5 Å². The summed E-state index contributed by atoms with van der Waals surface area (Å²) in [5, 5.41) is 22.8. The van der Waals surface area contributed by atoms with Crippen molar-refractivity contribution in [2.45, 2.75) is 13.8 Å². The van der Waals surface area contributed by atoms with Gasteiger partial charge in [-0.2, -0.15) is 10.5 Å². The molecule has 5 nitrogen and oxygen atoms in total. The summed E-state index contributed by atoms with van der Waals surface area (Å²) in [5.74, 6) is 0.609. The summed E-state index contributed by atoms with van der Waals surface area (Å²) in [6, 6.07) is 78.0. The van der Waals surface area contributed by atoms with E-state index in [4.69, 9.17) is 9.97 Å². The Balaban J connectivity index is 1.26. The molecule has 2 heterocycles. The zero-order valence-corrected chi connectivity index (χ0v) is 36.9. The average molecular weight is 856 g/mol. The summed E-state index contributed by atoms with van der Waals surface area (Å²) < 4.78 is 2.37. The van der Waals surface area contributed by atoms with Gasteiger partial charge in [-0.3, -0.25) is 0 Å². The number of hydrogen-bond donors (Lipinski definition) is 0. The number of aromatic nitrogens is 3. The number of benzene rings is 9. The van der Waals surface area contributed by atoms with Crippen molar-refractivity contribution < 1.29 is 0 Å². The van der Waals surface area contributed by atoms with Crippen molar-refractivity contribution in [1.29, 1.82) is 10.5 Å². The SMILES string of the molecule is Cc1ccc(-c2ccc3c(c2)c2cc(-c4ccc(C)cc4)ccc2n3-c2c(-c3cccc(C#N)c3)cc(-c3cc(-c4ccccc4)nc(-c4ccccc4)n3)cc2-c2cccc(C#N)c2)cc1. The molecule has 67 heavy (non-hydrogen) atoms. The van der Waals surface area contributed by atoms with Gasteiger partial charge in [0.05, 0.1) is 51.4 Å². The number of fused-ring (bicyclic) bond motifs is 3. The van der Waals surface area contributed by atoms with Crippen LogP contribution in [0, 0.1) is 36.5 Å². The fourth-order valence-electron chi connectivity index (χ4n) is 9.16. The summed E-state index contributed by atoms with van der Waals surface area (Å²) in [6.07, 6.45) is 0. The minimum absolute atomic E-state index is 0.550. The second-order valence-electron chi connectivity index (χ2n) is 17.0. The van der Waals surface area contributed by atoms with Gasteiger partial charge in [-0.25, -0.2) is 9.97 Å². The molecule has 0 aliphatic carbocycles. The summed E-state index contributed by atoms with van der Waals surface area (Å²) >= 11 is 0. The first-order valence-corrected chi connectivity index (χ1v) is 22.3. The van der Waals surface area contributed by atoms with Crippen LogP contribution in [0.3, 0.4) is 0 Å². The first-order chi connectivity index (χ1) is 32.9. The van der Waals surface area contributed by atoms with E-state index in [1.54, 1.807) is 0 Å². The zero-order chi connectivity index (χ0) is 45.4. The molecular formula is C62H41N5.